The summed E-state index contributed by atoms with van der Waals surface area (Å²) < 4.78 is 10.1. The zero-order valence-electron chi connectivity index (χ0n) is 11.9. The third-order valence-electron chi connectivity index (χ3n) is 2.42. The van der Waals surface area contributed by atoms with Gasteiger partial charge in [-0.1, -0.05) is 31.5 Å². The quantitative estimate of drug-likeness (QED) is 0.595. The molecule has 0 aliphatic carbocycles. The van der Waals surface area contributed by atoms with Gasteiger partial charge < -0.3 is 9.47 Å². The average Bonchev–Trinajstić information content (AvgIpc) is 2.37. The molecule has 0 spiro atoms. The summed E-state index contributed by atoms with van der Waals surface area (Å²) in [5.74, 6) is -0.321. The summed E-state index contributed by atoms with van der Waals surface area (Å²) >= 11 is 5.95. The first kappa shape index (κ1) is 16.5. The Morgan fingerprint density at radius 1 is 1.20 bits per heavy atom. The van der Waals surface area contributed by atoms with Crippen LogP contribution in [0, 0.1) is 12.8 Å². The van der Waals surface area contributed by atoms with Crippen LogP contribution in [0.5, 0.6) is 5.75 Å². The molecular formula is C15H19ClO4. The second-order valence-corrected chi connectivity index (χ2v) is 5.39. The second kappa shape index (κ2) is 7.90. The van der Waals surface area contributed by atoms with Crippen LogP contribution in [-0.2, 0) is 14.3 Å². The molecule has 1 aromatic carbocycles. The Morgan fingerprint density at radius 2 is 1.85 bits per heavy atom. The third-order valence-corrected chi connectivity index (χ3v) is 2.72. The topological polar surface area (TPSA) is 52.6 Å². The van der Waals surface area contributed by atoms with Crippen LogP contribution in [0.25, 0.3) is 0 Å². The third kappa shape index (κ3) is 6.06. The van der Waals surface area contributed by atoms with E-state index in [1.807, 2.05) is 20.8 Å². The highest BCUT2D eigenvalue weighted by Gasteiger charge is 2.12. The van der Waals surface area contributed by atoms with Crippen LogP contribution >= 0.6 is 11.6 Å². The first-order valence-corrected chi connectivity index (χ1v) is 6.88. The van der Waals surface area contributed by atoms with Gasteiger partial charge in [-0.25, -0.2) is 0 Å². The van der Waals surface area contributed by atoms with Gasteiger partial charge in [-0.05, 0) is 30.5 Å². The van der Waals surface area contributed by atoms with E-state index in [0.717, 1.165) is 5.56 Å². The predicted octanol–water partition coefficient (Wildman–Crippen LogP) is 3.53. The number of aryl methyl sites for hydroxylation is 1. The molecule has 0 N–H and O–H groups in total. The minimum absolute atomic E-state index is 0.00896. The lowest BCUT2D eigenvalue weighted by Crippen LogP contribution is -2.14. The zero-order valence-corrected chi connectivity index (χ0v) is 12.7. The average molecular weight is 299 g/mol. The molecule has 0 bridgehead atoms. The molecule has 0 aromatic heterocycles. The van der Waals surface area contributed by atoms with Gasteiger partial charge in [0.05, 0.1) is 24.5 Å². The van der Waals surface area contributed by atoms with Gasteiger partial charge in [-0.2, -0.15) is 0 Å². The van der Waals surface area contributed by atoms with E-state index in [2.05, 4.69) is 0 Å². The van der Waals surface area contributed by atoms with Crippen molar-refractivity contribution < 1.29 is 19.1 Å². The monoisotopic (exact) mass is 298 g/mol. The van der Waals surface area contributed by atoms with Crippen molar-refractivity contribution in [2.75, 3.05) is 6.61 Å². The highest BCUT2D eigenvalue weighted by molar-refractivity contribution is 6.32. The molecule has 0 aliphatic rings. The molecule has 0 amide bonds. The predicted molar refractivity (Wildman–Crippen MR) is 76.9 cm³/mol. The Hall–Kier alpha value is -1.55. The van der Waals surface area contributed by atoms with E-state index in [1.54, 1.807) is 18.2 Å². The second-order valence-electron chi connectivity index (χ2n) is 4.98. The van der Waals surface area contributed by atoms with Gasteiger partial charge >= 0.3 is 11.9 Å². The summed E-state index contributed by atoms with van der Waals surface area (Å²) in [6.45, 7) is 6.14. The molecule has 0 heterocycles. The van der Waals surface area contributed by atoms with Gasteiger partial charge in [-0.3, -0.25) is 9.59 Å². The molecule has 1 rings (SSSR count). The number of rotatable bonds is 6. The number of halogens is 1. The van der Waals surface area contributed by atoms with Crippen LogP contribution in [0.3, 0.4) is 0 Å². The lowest BCUT2D eigenvalue weighted by molar-refractivity contribution is -0.147. The molecule has 0 saturated carbocycles. The maximum atomic E-state index is 11.6. The van der Waals surface area contributed by atoms with Gasteiger partial charge in [-0.15, -0.1) is 0 Å². The molecule has 0 saturated heterocycles. The van der Waals surface area contributed by atoms with Crippen LogP contribution in [0.4, 0.5) is 0 Å². The highest BCUT2D eigenvalue weighted by atomic mass is 35.5. The van der Waals surface area contributed by atoms with Gasteiger partial charge in [0.2, 0.25) is 0 Å². The number of esters is 2. The fourth-order valence-corrected chi connectivity index (χ4v) is 1.67. The molecule has 0 unspecified atom stereocenters. The minimum Gasteiger partial charge on any atom is -0.465 e. The van der Waals surface area contributed by atoms with Gasteiger partial charge in [0.1, 0.15) is 5.75 Å². The molecule has 0 fully saturated rings. The summed E-state index contributed by atoms with van der Waals surface area (Å²) in [4.78, 5) is 23.0. The Kier molecular flexibility index (Phi) is 6.52. The molecule has 0 radical (unpaired) electrons. The van der Waals surface area contributed by atoms with Crippen LogP contribution in [-0.4, -0.2) is 18.5 Å². The summed E-state index contributed by atoms with van der Waals surface area (Å²) in [6, 6.07) is 5.14. The summed E-state index contributed by atoms with van der Waals surface area (Å²) in [6.07, 6.45) is -0.0177. The van der Waals surface area contributed by atoms with Crippen molar-refractivity contribution in [1.29, 1.82) is 0 Å². The van der Waals surface area contributed by atoms with Crippen molar-refractivity contribution in [3.8, 4) is 5.75 Å². The number of carbonyl (C=O) groups is 2. The first-order valence-electron chi connectivity index (χ1n) is 6.51. The van der Waals surface area contributed by atoms with Crippen molar-refractivity contribution in [2.45, 2.75) is 33.6 Å². The molecule has 0 atom stereocenters. The van der Waals surface area contributed by atoms with Crippen LogP contribution in [0.15, 0.2) is 18.2 Å². The van der Waals surface area contributed by atoms with E-state index in [9.17, 15) is 9.59 Å². The molecule has 5 heteroatoms. The Morgan fingerprint density at radius 3 is 2.45 bits per heavy atom. The molecule has 110 valence electrons. The number of benzene rings is 1. The van der Waals surface area contributed by atoms with Crippen molar-refractivity contribution in [2.24, 2.45) is 5.92 Å². The smallest absolute Gasteiger partial charge is 0.311 e. The lowest BCUT2D eigenvalue weighted by Gasteiger charge is -2.08. The van der Waals surface area contributed by atoms with E-state index in [-0.39, 0.29) is 18.8 Å². The largest absolute Gasteiger partial charge is 0.465 e. The first-order chi connectivity index (χ1) is 9.38. The van der Waals surface area contributed by atoms with Crippen LogP contribution < -0.4 is 4.74 Å². The molecule has 1 aromatic rings. The SMILES string of the molecule is Cc1ccc(OC(=O)CCC(=O)OCC(C)C)c(Cl)c1. The number of carbonyl (C=O) groups excluding carboxylic acids is 2. The summed E-state index contributed by atoms with van der Waals surface area (Å²) in [5.41, 5.74) is 0.979. The van der Waals surface area contributed by atoms with E-state index in [0.29, 0.717) is 17.4 Å². The minimum atomic E-state index is -0.503. The van der Waals surface area contributed by atoms with E-state index in [1.165, 1.54) is 0 Å². The van der Waals surface area contributed by atoms with Crippen LogP contribution in [0.2, 0.25) is 5.02 Å². The molecular weight excluding hydrogens is 280 g/mol. The van der Waals surface area contributed by atoms with Crippen molar-refractivity contribution in [1.82, 2.24) is 0 Å². The summed E-state index contributed by atoms with van der Waals surface area (Å²) in [5, 5.41) is 0.376. The standard InChI is InChI=1S/C15H19ClO4/c1-10(2)9-19-14(17)6-7-15(18)20-13-5-4-11(3)8-12(13)16/h4-5,8,10H,6-7,9H2,1-3H3. The highest BCUT2D eigenvalue weighted by Crippen LogP contribution is 2.25. The van der Waals surface area contributed by atoms with Gasteiger partial charge in [0.25, 0.3) is 0 Å². The van der Waals surface area contributed by atoms with Gasteiger partial charge in [0, 0.05) is 0 Å². The number of hydrogen-bond donors (Lipinski definition) is 0. The fourth-order valence-electron chi connectivity index (χ4n) is 1.40. The molecule has 4 nitrogen and oxygen atoms in total. The van der Waals surface area contributed by atoms with E-state index < -0.39 is 11.9 Å². The summed E-state index contributed by atoms with van der Waals surface area (Å²) in [7, 11) is 0. The van der Waals surface area contributed by atoms with Crippen molar-refractivity contribution >= 4 is 23.5 Å². The van der Waals surface area contributed by atoms with E-state index >= 15 is 0 Å². The van der Waals surface area contributed by atoms with Crippen LogP contribution in [0.1, 0.15) is 32.3 Å². The van der Waals surface area contributed by atoms with E-state index in [4.69, 9.17) is 21.1 Å². The molecule has 0 aliphatic heterocycles. The lowest BCUT2D eigenvalue weighted by atomic mass is 10.2. The van der Waals surface area contributed by atoms with Crippen molar-refractivity contribution in [3.63, 3.8) is 0 Å². The van der Waals surface area contributed by atoms with Gasteiger partial charge in [0.15, 0.2) is 0 Å². The maximum Gasteiger partial charge on any atom is 0.311 e. The zero-order chi connectivity index (χ0) is 15.1. The number of ether oxygens (including phenoxy) is 2. The number of hydrogen-bond acceptors (Lipinski definition) is 4. The Labute approximate surface area is 124 Å². The Balaban J connectivity index is 2.38. The normalized spacial score (nSPS) is 10.4. The Bertz CT molecular complexity index is 483. The fraction of sp³-hybridized carbons (Fsp3) is 0.467. The maximum absolute atomic E-state index is 11.6. The van der Waals surface area contributed by atoms with Crippen molar-refractivity contribution in [3.05, 3.63) is 28.8 Å². The molecule has 20 heavy (non-hydrogen) atoms.